The van der Waals surface area contributed by atoms with Crippen molar-refractivity contribution in [1.29, 1.82) is 0 Å². The van der Waals surface area contributed by atoms with Gasteiger partial charge in [0.05, 0.1) is 0 Å². The van der Waals surface area contributed by atoms with Crippen LogP contribution in [-0.4, -0.2) is 80.7 Å². The van der Waals surface area contributed by atoms with E-state index in [4.69, 9.17) is 0 Å². The Balaban J connectivity index is -0.0000000142. The summed E-state index contributed by atoms with van der Waals surface area (Å²) in [5.41, 5.74) is 0. The van der Waals surface area contributed by atoms with E-state index in [-0.39, 0.29) is 272 Å². The number of rotatable bonds is 9. The molecule has 14 heteroatoms. The van der Waals surface area contributed by atoms with Gasteiger partial charge in [0.1, 0.15) is 0 Å². The second-order valence-electron chi connectivity index (χ2n) is 5.19. The Morgan fingerprint density at radius 3 is 1.06 bits per heavy atom. The molecule has 0 aliphatic carbocycles. The van der Waals surface area contributed by atoms with Crippen LogP contribution in [0, 0.1) is 0 Å². The van der Waals surface area contributed by atoms with Gasteiger partial charge in [-0.05, 0) is 37.0 Å². The largest absolute Gasteiger partial charge is 0.124 e. The molecule has 0 rings (SSSR count). The third kappa shape index (κ3) is 90.1. The van der Waals surface area contributed by atoms with Crippen molar-refractivity contribution in [3.05, 3.63) is 0 Å². The zero-order chi connectivity index (χ0) is 18.0. The summed E-state index contributed by atoms with van der Waals surface area (Å²) < 4.78 is 0. The molecule has 0 fully saturated rings. The molecule has 0 aromatic carbocycles. The van der Waals surface area contributed by atoms with Crippen LogP contribution in [0.1, 0.15) is 35.6 Å². The summed E-state index contributed by atoms with van der Waals surface area (Å²) in [6, 6.07) is 0. The minimum atomic E-state index is -0.285. The van der Waals surface area contributed by atoms with Gasteiger partial charge in [0.15, 0.2) is 0 Å². The minimum Gasteiger partial charge on any atom is -0.124 e. The van der Waals surface area contributed by atoms with Crippen molar-refractivity contribution in [1.82, 2.24) is 0 Å². The molecule has 0 heterocycles. The van der Waals surface area contributed by atoms with Crippen LogP contribution in [-0.2, 0) is 227 Å². The molecule has 0 N–H and O–H groups in total. The molecule has 183 valence electrons. The summed E-state index contributed by atoms with van der Waals surface area (Å²) in [6.07, 6.45) is 27.6. The first-order valence-electron chi connectivity index (χ1n) is 7.78. The molecule has 0 saturated carbocycles. The van der Waals surface area contributed by atoms with Gasteiger partial charge in [0, 0.05) is 233 Å². The van der Waals surface area contributed by atoms with Gasteiger partial charge in [-0.25, -0.2) is 0 Å². The van der Waals surface area contributed by atoms with Crippen molar-refractivity contribution in [3.63, 3.8) is 0 Å². The second kappa shape index (κ2) is 72.4. The van der Waals surface area contributed by atoms with Gasteiger partial charge >= 0.3 is 0 Å². The van der Waals surface area contributed by atoms with Gasteiger partial charge in [-0.15, -0.1) is 71.8 Å². The number of hydrogen-bond donors (Lipinski definition) is 0. The van der Waals surface area contributed by atoms with Crippen LogP contribution in [0.25, 0.3) is 0 Å². The van der Waals surface area contributed by atoms with Crippen LogP contribution in [0.4, 0.5) is 0 Å². The molecule has 0 aromatic rings. The Morgan fingerprint density at radius 2 is 0.906 bits per heavy atom. The molecule has 5 radical (unpaired) electrons. The smallest absolute Gasteiger partial charge is 0.00595 e. The molecule has 0 spiro atoms. The van der Waals surface area contributed by atoms with Crippen molar-refractivity contribution in [2.45, 2.75) is 35.6 Å². The first-order chi connectivity index (χ1) is 10.3. The van der Waals surface area contributed by atoms with Gasteiger partial charge in [-0.3, -0.25) is 0 Å². The van der Waals surface area contributed by atoms with Gasteiger partial charge < -0.3 is 0 Å². The quantitative estimate of drug-likeness (QED) is 0.216. The van der Waals surface area contributed by atoms with Crippen LogP contribution in [0.2, 0.25) is 0 Å². The normalized spacial score (nSPS) is 10.8. The predicted octanol–water partition coefficient (Wildman–Crippen LogP) is 7.11. The summed E-state index contributed by atoms with van der Waals surface area (Å²) in [6.45, 7) is 8.83. The summed E-state index contributed by atoms with van der Waals surface area (Å²) >= 11 is 0. The maximum Gasteiger partial charge on any atom is 0.00595 e. The van der Waals surface area contributed by atoms with Crippen LogP contribution >= 0.6 is 46.6 Å². The summed E-state index contributed by atoms with van der Waals surface area (Å²) in [5, 5.41) is 0. The molecule has 0 aromatic heterocycles. The van der Waals surface area contributed by atoms with E-state index in [1.165, 1.54) is 52.6 Å². The molecule has 4 unspecified atom stereocenters. The average Bonchev–Trinajstić information content (AvgIpc) is 2.47. The second-order valence-corrected chi connectivity index (χ2v) is 18.6. The summed E-state index contributed by atoms with van der Waals surface area (Å²) in [5.74, 6) is 3.99. The Kier molecular flexibility index (Phi) is 189. The molecule has 32 heavy (non-hydrogen) atoms. The van der Waals surface area contributed by atoms with Crippen molar-refractivity contribution in [3.8, 4) is 0 Å². The fraction of sp³-hybridized carbons (Fsp3) is 0.667. The standard InChI is InChI=1S/C8H21P3.C5H12P2.C3H7P.2CH4.3W.5Y/c1-6-10(4)8-11(5)7-9(2)3;1-4-7(3)5-6-2;1-3-4-2;;;;;;;;;;/h9-11H,2,4-8H2,1,3H3;7H,2-5H2,1H3;2-3H2,1H3;2*1H4;;;;;;;;. The fourth-order valence-corrected chi connectivity index (χ4v) is 12.3. The molecule has 0 aliphatic rings. The Bertz CT molecular complexity index is 405. The van der Waals surface area contributed by atoms with Crippen molar-refractivity contribution >= 4 is 84.4 Å². The maximum absolute atomic E-state index is 4.24. The van der Waals surface area contributed by atoms with Crippen LogP contribution in [0.5, 0.6) is 0 Å². The fourth-order valence-electron chi connectivity index (χ4n) is 1.24. The van der Waals surface area contributed by atoms with E-state index in [2.05, 4.69) is 65.2 Å². The Hall–Kier alpha value is 9.12. The van der Waals surface area contributed by atoms with Gasteiger partial charge in [0.25, 0.3) is 0 Å². The Morgan fingerprint density at radius 1 is 0.594 bits per heavy atom. The van der Waals surface area contributed by atoms with Crippen LogP contribution in [0.3, 0.4) is 0 Å². The van der Waals surface area contributed by atoms with Crippen LogP contribution < -0.4 is 0 Å². The van der Waals surface area contributed by atoms with E-state index >= 15 is 0 Å². The average molecular weight is 1450 g/mol. The van der Waals surface area contributed by atoms with Crippen molar-refractivity contribution < 1.29 is 227 Å². The molecule has 0 bridgehead atoms. The first kappa shape index (κ1) is 83.7. The molecule has 4 atom stereocenters. The van der Waals surface area contributed by atoms with E-state index in [1.807, 2.05) is 0 Å². The van der Waals surface area contributed by atoms with E-state index in [1.54, 1.807) is 0 Å². The van der Waals surface area contributed by atoms with E-state index in [9.17, 15) is 0 Å². The molecular weight excluding hydrogens is 1400 g/mol. The SMILES string of the molecule is C.C.C=PCC.C=PC[PH](=C)CC.C=[PH](C)C[PH](=C)C[PH](=C)CC.[W].[W].[W].[Y].[Y].[Y].[Y].[Y]. The molecule has 0 nitrogen and oxygen atoms in total. The van der Waals surface area contributed by atoms with Crippen molar-refractivity contribution in [2.75, 3.05) is 42.9 Å². The van der Waals surface area contributed by atoms with E-state index in [0.717, 1.165) is 0 Å². The molecular formula is C18H48P6W3Y5. The number of hydrogen-bond acceptors (Lipinski definition) is 0. The monoisotopic (exact) mass is 1450 g/mol. The zero-order valence-electron chi connectivity index (χ0n) is 19.5. The molecule has 0 saturated heterocycles. The zero-order valence-corrected chi connectivity index (χ0v) is 48.3. The maximum atomic E-state index is 4.24. The van der Waals surface area contributed by atoms with E-state index < -0.39 is 0 Å². The topological polar surface area (TPSA) is 0 Å². The molecule has 0 amide bonds. The van der Waals surface area contributed by atoms with Gasteiger partial charge in [-0.1, -0.05) is 48.2 Å². The summed E-state index contributed by atoms with van der Waals surface area (Å²) in [4.78, 5) is 0. The predicted molar refractivity (Wildman–Crippen MR) is 155 cm³/mol. The summed E-state index contributed by atoms with van der Waals surface area (Å²) in [7, 11) is 1.51. The third-order valence-electron chi connectivity index (χ3n) is 2.61. The Labute approximate surface area is 380 Å². The third-order valence-corrected chi connectivity index (χ3v) is 16.2. The minimum absolute atomic E-state index is 0. The molecule has 0 aliphatic heterocycles. The van der Waals surface area contributed by atoms with Gasteiger partial charge in [-0.2, -0.15) is 0 Å². The van der Waals surface area contributed by atoms with Crippen LogP contribution in [0.15, 0.2) is 0 Å². The van der Waals surface area contributed by atoms with Gasteiger partial charge in [0.2, 0.25) is 0 Å². The van der Waals surface area contributed by atoms with Crippen molar-refractivity contribution in [2.24, 2.45) is 0 Å². The first-order valence-corrected chi connectivity index (χ1v) is 19.1. The van der Waals surface area contributed by atoms with E-state index in [0.29, 0.717) is 0 Å².